The SMILES string of the molecule is Cl.Cl.O=C(NC1CCN(Cc2ccc(F)cc2)CC1)C1CC2CCCCC2N1. The van der Waals surface area contributed by atoms with Gasteiger partial charge in [0.25, 0.3) is 0 Å². The molecule has 7 heteroatoms. The molecule has 1 aliphatic carbocycles. The highest BCUT2D eigenvalue weighted by molar-refractivity contribution is 5.85. The van der Waals surface area contributed by atoms with Crippen LogP contribution in [0.4, 0.5) is 4.39 Å². The molecule has 28 heavy (non-hydrogen) atoms. The summed E-state index contributed by atoms with van der Waals surface area (Å²) in [5.74, 6) is 0.726. The monoisotopic (exact) mass is 431 g/mol. The third kappa shape index (κ3) is 5.82. The number of hydrogen-bond acceptors (Lipinski definition) is 3. The molecule has 1 saturated carbocycles. The quantitative estimate of drug-likeness (QED) is 0.763. The molecule has 2 N–H and O–H groups in total. The van der Waals surface area contributed by atoms with Gasteiger partial charge in [-0.2, -0.15) is 0 Å². The average molecular weight is 432 g/mol. The van der Waals surface area contributed by atoms with Crippen molar-refractivity contribution in [2.75, 3.05) is 13.1 Å². The van der Waals surface area contributed by atoms with Crippen LogP contribution in [-0.2, 0) is 11.3 Å². The molecule has 1 aromatic rings. The maximum absolute atomic E-state index is 13.0. The molecule has 1 aromatic carbocycles. The van der Waals surface area contributed by atoms with E-state index in [1.54, 1.807) is 0 Å². The number of halogens is 3. The normalized spacial score (nSPS) is 28.0. The Labute approximate surface area is 179 Å². The predicted octanol–water partition coefficient (Wildman–Crippen LogP) is 3.67. The molecule has 0 aromatic heterocycles. The van der Waals surface area contributed by atoms with E-state index in [9.17, 15) is 9.18 Å². The van der Waals surface area contributed by atoms with Crippen LogP contribution in [0.5, 0.6) is 0 Å². The van der Waals surface area contributed by atoms with E-state index in [-0.39, 0.29) is 48.6 Å². The third-order valence-electron chi connectivity index (χ3n) is 6.43. The number of rotatable bonds is 4. The number of fused-ring (bicyclic) bond motifs is 1. The van der Waals surface area contributed by atoms with Crippen LogP contribution in [0.2, 0.25) is 0 Å². The van der Waals surface area contributed by atoms with Gasteiger partial charge in [0.1, 0.15) is 5.82 Å². The number of carbonyl (C=O) groups excluding carboxylic acids is 1. The van der Waals surface area contributed by atoms with E-state index in [1.807, 2.05) is 12.1 Å². The molecule has 2 aliphatic heterocycles. The van der Waals surface area contributed by atoms with Crippen molar-refractivity contribution in [1.82, 2.24) is 15.5 Å². The highest BCUT2D eigenvalue weighted by Gasteiger charge is 2.38. The van der Waals surface area contributed by atoms with Crippen LogP contribution >= 0.6 is 24.8 Å². The van der Waals surface area contributed by atoms with Crippen molar-refractivity contribution in [1.29, 1.82) is 0 Å². The standard InChI is InChI=1S/C21H30FN3O.2ClH/c22-17-7-5-15(6-8-17)14-25-11-9-18(10-12-25)23-21(26)20-13-16-3-1-2-4-19(16)24-20;;/h5-8,16,18-20,24H,1-4,9-14H2,(H,23,26);2*1H. The summed E-state index contributed by atoms with van der Waals surface area (Å²) in [6.07, 6.45) is 8.14. The molecule has 1 amide bonds. The van der Waals surface area contributed by atoms with Crippen molar-refractivity contribution < 1.29 is 9.18 Å². The van der Waals surface area contributed by atoms with Gasteiger partial charge < -0.3 is 10.6 Å². The lowest BCUT2D eigenvalue weighted by Gasteiger charge is -2.33. The molecule has 158 valence electrons. The Morgan fingerprint density at radius 2 is 1.75 bits per heavy atom. The van der Waals surface area contributed by atoms with Gasteiger partial charge in [-0.05, 0) is 55.7 Å². The first-order valence-corrected chi connectivity index (χ1v) is 10.2. The molecule has 0 bridgehead atoms. The lowest BCUT2D eigenvalue weighted by molar-refractivity contribution is -0.123. The fraction of sp³-hybridized carbons (Fsp3) is 0.667. The minimum Gasteiger partial charge on any atom is -0.352 e. The first-order chi connectivity index (χ1) is 12.7. The summed E-state index contributed by atoms with van der Waals surface area (Å²) in [6.45, 7) is 2.81. The molecular weight excluding hydrogens is 400 g/mol. The van der Waals surface area contributed by atoms with E-state index >= 15 is 0 Å². The highest BCUT2D eigenvalue weighted by Crippen LogP contribution is 2.33. The Morgan fingerprint density at radius 3 is 2.43 bits per heavy atom. The van der Waals surface area contributed by atoms with Gasteiger partial charge in [0, 0.05) is 31.7 Å². The number of hydrogen-bond donors (Lipinski definition) is 2. The van der Waals surface area contributed by atoms with Gasteiger partial charge in [0.05, 0.1) is 6.04 Å². The summed E-state index contributed by atoms with van der Waals surface area (Å²) >= 11 is 0. The largest absolute Gasteiger partial charge is 0.352 e. The van der Waals surface area contributed by atoms with Crippen LogP contribution in [0.3, 0.4) is 0 Å². The first kappa shape index (κ1) is 23.4. The van der Waals surface area contributed by atoms with Crippen LogP contribution in [0, 0.1) is 11.7 Å². The van der Waals surface area contributed by atoms with Crippen molar-refractivity contribution >= 4 is 30.7 Å². The smallest absolute Gasteiger partial charge is 0.237 e. The molecule has 3 aliphatic rings. The van der Waals surface area contributed by atoms with Crippen LogP contribution < -0.4 is 10.6 Å². The lowest BCUT2D eigenvalue weighted by atomic mass is 9.85. The second kappa shape index (κ2) is 10.8. The lowest BCUT2D eigenvalue weighted by Crippen LogP contribution is -2.50. The summed E-state index contributed by atoms with van der Waals surface area (Å²) in [4.78, 5) is 15.0. The third-order valence-corrected chi connectivity index (χ3v) is 6.43. The second-order valence-corrected chi connectivity index (χ2v) is 8.29. The Morgan fingerprint density at radius 1 is 1.07 bits per heavy atom. The highest BCUT2D eigenvalue weighted by atomic mass is 35.5. The van der Waals surface area contributed by atoms with Crippen molar-refractivity contribution in [3.8, 4) is 0 Å². The average Bonchev–Trinajstić information content (AvgIpc) is 3.10. The molecule has 3 unspecified atom stereocenters. The van der Waals surface area contributed by atoms with Crippen LogP contribution in [0.1, 0.15) is 50.5 Å². The fourth-order valence-electron chi connectivity index (χ4n) is 4.91. The van der Waals surface area contributed by atoms with E-state index in [4.69, 9.17) is 0 Å². The predicted molar refractivity (Wildman–Crippen MR) is 115 cm³/mol. The van der Waals surface area contributed by atoms with Crippen molar-refractivity contribution in [3.63, 3.8) is 0 Å². The molecule has 0 radical (unpaired) electrons. The molecule has 3 fully saturated rings. The van der Waals surface area contributed by atoms with Gasteiger partial charge in [0.2, 0.25) is 5.91 Å². The molecule has 3 atom stereocenters. The maximum atomic E-state index is 13.0. The summed E-state index contributed by atoms with van der Waals surface area (Å²) in [5.41, 5.74) is 1.15. The van der Waals surface area contributed by atoms with E-state index < -0.39 is 0 Å². The van der Waals surface area contributed by atoms with Crippen molar-refractivity contribution in [2.45, 2.75) is 69.6 Å². The fourth-order valence-corrected chi connectivity index (χ4v) is 4.91. The Bertz CT molecular complexity index is 609. The number of nitrogens with zero attached hydrogens (tertiary/aromatic N) is 1. The minimum absolute atomic E-state index is 0. The minimum atomic E-state index is -0.185. The summed E-state index contributed by atoms with van der Waals surface area (Å²) in [6, 6.07) is 7.63. The second-order valence-electron chi connectivity index (χ2n) is 8.29. The summed E-state index contributed by atoms with van der Waals surface area (Å²) < 4.78 is 13.0. The Kier molecular flexibility index (Phi) is 9.00. The van der Waals surface area contributed by atoms with E-state index in [0.29, 0.717) is 12.0 Å². The van der Waals surface area contributed by atoms with Gasteiger partial charge >= 0.3 is 0 Å². The number of amides is 1. The van der Waals surface area contributed by atoms with Gasteiger partial charge in [0.15, 0.2) is 0 Å². The molecule has 0 spiro atoms. The van der Waals surface area contributed by atoms with E-state index in [0.717, 1.165) is 44.5 Å². The van der Waals surface area contributed by atoms with Gasteiger partial charge in [-0.25, -0.2) is 4.39 Å². The molecule has 4 nitrogen and oxygen atoms in total. The first-order valence-electron chi connectivity index (χ1n) is 10.2. The van der Waals surface area contributed by atoms with Crippen molar-refractivity contribution in [2.24, 2.45) is 5.92 Å². The summed E-state index contributed by atoms with van der Waals surface area (Å²) in [7, 11) is 0. The number of nitrogens with one attached hydrogen (secondary N) is 2. The molecular formula is C21H32Cl2FN3O. The number of likely N-dealkylation sites (tertiary alicyclic amines) is 1. The summed E-state index contributed by atoms with van der Waals surface area (Å²) in [5, 5.41) is 6.86. The van der Waals surface area contributed by atoms with E-state index in [2.05, 4.69) is 15.5 Å². The van der Waals surface area contributed by atoms with Gasteiger partial charge in [-0.3, -0.25) is 9.69 Å². The van der Waals surface area contributed by atoms with Crippen molar-refractivity contribution in [3.05, 3.63) is 35.6 Å². The number of benzene rings is 1. The zero-order chi connectivity index (χ0) is 17.9. The topological polar surface area (TPSA) is 44.4 Å². The Hall–Kier alpha value is -0.880. The zero-order valence-electron chi connectivity index (χ0n) is 16.2. The number of piperidine rings is 1. The Balaban J connectivity index is 0.00000140. The van der Waals surface area contributed by atoms with E-state index in [1.165, 1.54) is 37.8 Å². The maximum Gasteiger partial charge on any atom is 0.237 e. The van der Waals surface area contributed by atoms with Gasteiger partial charge in [-0.15, -0.1) is 24.8 Å². The zero-order valence-corrected chi connectivity index (χ0v) is 17.9. The molecule has 4 rings (SSSR count). The van der Waals surface area contributed by atoms with Gasteiger partial charge in [-0.1, -0.05) is 25.0 Å². The van der Waals surface area contributed by atoms with Crippen LogP contribution in [0.25, 0.3) is 0 Å². The van der Waals surface area contributed by atoms with Crippen LogP contribution in [-0.4, -0.2) is 42.0 Å². The molecule has 2 saturated heterocycles. The van der Waals surface area contributed by atoms with Crippen LogP contribution in [0.15, 0.2) is 24.3 Å². The number of carbonyl (C=O) groups is 1. The molecule has 2 heterocycles.